The number of aromatic nitrogens is 4. The number of carboxylic acids is 2. The lowest BCUT2D eigenvalue weighted by atomic mass is 9.94. The number of carbonyl (C=O) groups is 3. The zero-order chi connectivity index (χ0) is 33.1. The van der Waals surface area contributed by atoms with Crippen LogP contribution >= 0.6 is 0 Å². The van der Waals surface area contributed by atoms with Crippen molar-refractivity contribution >= 4 is 46.6 Å². The molecule has 4 N–H and O–H groups in total. The molecule has 3 aromatic rings. The third kappa shape index (κ3) is 6.89. The van der Waals surface area contributed by atoms with E-state index in [0.29, 0.717) is 0 Å². The summed E-state index contributed by atoms with van der Waals surface area (Å²) < 4.78 is 32.7. The number of ether oxygens (including phenoxy) is 3. The van der Waals surface area contributed by atoms with Crippen molar-refractivity contribution in [2.45, 2.75) is 63.0 Å². The van der Waals surface area contributed by atoms with Crippen molar-refractivity contribution in [3.63, 3.8) is 0 Å². The Kier molecular flexibility index (Phi) is 9.15. The van der Waals surface area contributed by atoms with Gasteiger partial charge in [0.2, 0.25) is 5.95 Å². The first-order valence-electron chi connectivity index (χ1n) is 13.0. The molecule has 0 aliphatic carbocycles. The Bertz CT molecular complexity index is 1710. The summed E-state index contributed by atoms with van der Waals surface area (Å²) in [6.45, 7) is 11.1. The summed E-state index contributed by atoms with van der Waals surface area (Å²) in [5.74, 6) is -4.49. The third-order valence-electron chi connectivity index (χ3n) is 6.41. The van der Waals surface area contributed by atoms with Gasteiger partial charge in [0.15, 0.2) is 35.1 Å². The third-order valence-corrected chi connectivity index (χ3v) is 6.41. The molecule has 1 aromatic carbocycles. The van der Waals surface area contributed by atoms with Crippen LogP contribution in [0.4, 0.5) is 26.6 Å². The second kappa shape index (κ2) is 12.7. The van der Waals surface area contributed by atoms with E-state index in [0.717, 1.165) is 10.9 Å². The highest BCUT2D eigenvalue weighted by Crippen LogP contribution is 2.36. The number of nitrogens with zero attached hydrogens (tertiary/aromatic N) is 8. The Morgan fingerprint density at radius 3 is 2.58 bits per heavy atom. The summed E-state index contributed by atoms with van der Waals surface area (Å²) in [6, 6.07) is 5.60. The van der Waals surface area contributed by atoms with Crippen LogP contribution < -0.4 is 5.32 Å². The lowest BCUT2D eigenvalue weighted by molar-refractivity contribution is -0.190. The van der Waals surface area contributed by atoms with Gasteiger partial charge in [-0.15, -0.1) is 0 Å². The fraction of sp³-hybridized carbons (Fsp3) is 0.423. The number of halogens is 1. The number of anilines is 1. The van der Waals surface area contributed by atoms with Gasteiger partial charge < -0.3 is 29.5 Å². The Morgan fingerprint density at radius 2 is 1.96 bits per heavy atom. The Balaban J connectivity index is 1.62. The van der Waals surface area contributed by atoms with Crippen molar-refractivity contribution < 1.29 is 48.3 Å². The number of fused-ring (bicyclic) bond motifs is 1. The first-order chi connectivity index (χ1) is 21.2. The molecular weight excluding hydrogens is 601 g/mol. The van der Waals surface area contributed by atoms with Crippen LogP contribution in [0.3, 0.4) is 0 Å². The molecule has 0 unspecified atom stereocenters. The molecule has 1 amide bonds. The molecule has 2 aromatic heterocycles. The average Bonchev–Trinajstić information content (AvgIpc) is 3.50. The standard InChI is InChI=1S/C26H26FN9O9/c1-25(2,3)45-24(42)32-18-16-19(33-23(31-18)34-35-28)36(11-30-16)20-15(27)17(37)14(44-20)10-43-26(21(38)39,22(40)41)9-12-6-5-7-13(8-12)29-4/h5-8,11,14-15,17,20,37H,9-10H2,1-3H3,(H,38,39)(H,40,41)(H,31,32,33,42)/t14-,15+,17-,20-/m1/s1. The fourth-order valence-corrected chi connectivity index (χ4v) is 4.39. The molecule has 236 valence electrons. The Hall–Kier alpha value is -5.41. The predicted molar refractivity (Wildman–Crippen MR) is 149 cm³/mol. The summed E-state index contributed by atoms with van der Waals surface area (Å²) in [4.78, 5) is 54.7. The maximum Gasteiger partial charge on any atom is 0.413 e. The molecule has 0 radical (unpaired) electrons. The molecule has 4 atom stereocenters. The number of hydrogen-bond donors (Lipinski definition) is 4. The number of azide groups is 1. The molecule has 18 nitrogen and oxygen atoms in total. The Labute approximate surface area is 252 Å². The quantitative estimate of drug-likeness (QED) is 0.0830. The summed E-state index contributed by atoms with van der Waals surface area (Å²) in [5.41, 5.74) is 5.16. The van der Waals surface area contributed by atoms with Crippen LogP contribution in [-0.2, 0) is 30.2 Å². The van der Waals surface area contributed by atoms with Crippen molar-refractivity contribution in [1.82, 2.24) is 19.5 Å². The van der Waals surface area contributed by atoms with E-state index in [1.807, 2.05) is 0 Å². The maximum absolute atomic E-state index is 15.5. The summed E-state index contributed by atoms with van der Waals surface area (Å²) in [7, 11) is 0. The first kappa shape index (κ1) is 32.5. The average molecular weight is 628 g/mol. The number of hydrogen-bond acceptors (Lipinski definition) is 11. The zero-order valence-electron chi connectivity index (χ0n) is 23.9. The molecule has 0 bridgehead atoms. The van der Waals surface area contributed by atoms with E-state index < -0.39 is 72.8 Å². The predicted octanol–water partition coefficient (Wildman–Crippen LogP) is 3.43. The molecule has 1 aliphatic rings. The minimum Gasteiger partial charge on any atom is -0.479 e. The number of carboxylic acid groups (broad SMARTS) is 2. The molecule has 1 fully saturated rings. The van der Waals surface area contributed by atoms with Crippen molar-refractivity contribution in [3.05, 3.63) is 58.0 Å². The van der Waals surface area contributed by atoms with Crippen molar-refractivity contribution in [3.8, 4) is 0 Å². The largest absolute Gasteiger partial charge is 0.479 e. The van der Waals surface area contributed by atoms with Crippen LogP contribution in [0.25, 0.3) is 26.5 Å². The first-order valence-corrected chi connectivity index (χ1v) is 13.0. The van der Waals surface area contributed by atoms with Gasteiger partial charge in [-0.25, -0.2) is 38.6 Å². The SMILES string of the molecule is [C-]#[N+]c1cccc(CC(OC[C@H]2O[C@@H](n3cnc4c(NC(=O)OC(C)(C)C)nc(N=[N+]=[N-])nc43)[C@@H](F)[C@@H]2O)(C(=O)O)C(=O)O)c1. The van der Waals surface area contributed by atoms with Gasteiger partial charge in [-0.1, -0.05) is 29.8 Å². The number of amides is 1. The van der Waals surface area contributed by atoms with Gasteiger partial charge in [0.1, 0.15) is 17.8 Å². The smallest absolute Gasteiger partial charge is 0.413 e. The van der Waals surface area contributed by atoms with Gasteiger partial charge >= 0.3 is 18.0 Å². The van der Waals surface area contributed by atoms with Crippen molar-refractivity contribution in [2.75, 3.05) is 11.9 Å². The second-order valence-electron chi connectivity index (χ2n) is 10.7. The number of benzene rings is 1. The number of alkyl halides is 1. The van der Waals surface area contributed by atoms with E-state index in [-0.39, 0.29) is 28.2 Å². The number of carbonyl (C=O) groups excluding carboxylic acids is 1. The second-order valence-corrected chi connectivity index (χ2v) is 10.7. The van der Waals surface area contributed by atoms with E-state index in [9.17, 15) is 29.7 Å². The number of rotatable bonds is 10. The monoisotopic (exact) mass is 627 g/mol. The number of aliphatic hydroxyl groups excluding tert-OH is 1. The van der Waals surface area contributed by atoms with Gasteiger partial charge in [0, 0.05) is 11.3 Å². The minimum absolute atomic E-state index is 0.0971. The zero-order valence-corrected chi connectivity index (χ0v) is 23.9. The van der Waals surface area contributed by atoms with E-state index in [1.165, 1.54) is 24.3 Å². The fourth-order valence-electron chi connectivity index (χ4n) is 4.39. The molecule has 1 aliphatic heterocycles. The maximum atomic E-state index is 15.5. The highest BCUT2D eigenvalue weighted by Gasteiger charge is 2.52. The van der Waals surface area contributed by atoms with Crippen LogP contribution in [-0.4, -0.2) is 89.1 Å². The molecule has 0 spiro atoms. The highest BCUT2D eigenvalue weighted by molar-refractivity contribution is 6.02. The van der Waals surface area contributed by atoms with Crippen molar-refractivity contribution in [1.29, 1.82) is 0 Å². The summed E-state index contributed by atoms with van der Waals surface area (Å²) in [6.07, 6.45) is -7.96. The number of aliphatic carboxylic acids is 2. The Morgan fingerprint density at radius 1 is 1.24 bits per heavy atom. The number of nitrogens with one attached hydrogen (secondary N) is 1. The molecule has 0 saturated carbocycles. The van der Waals surface area contributed by atoms with Crippen LogP contribution in [0.15, 0.2) is 35.7 Å². The molecule has 19 heteroatoms. The lowest BCUT2D eigenvalue weighted by Gasteiger charge is -2.27. The molecule has 3 heterocycles. The molecule has 4 rings (SSSR count). The summed E-state index contributed by atoms with van der Waals surface area (Å²) >= 11 is 0. The lowest BCUT2D eigenvalue weighted by Crippen LogP contribution is -2.52. The van der Waals surface area contributed by atoms with Gasteiger partial charge in [-0.05, 0) is 31.4 Å². The minimum atomic E-state index is -2.88. The van der Waals surface area contributed by atoms with Crippen LogP contribution in [0.5, 0.6) is 0 Å². The van der Waals surface area contributed by atoms with Gasteiger partial charge in [-0.2, -0.15) is 0 Å². The van der Waals surface area contributed by atoms with Crippen LogP contribution in [0, 0.1) is 6.57 Å². The molecule has 1 saturated heterocycles. The van der Waals surface area contributed by atoms with Crippen LogP contribution in [0.1, 0.15) is 32.6 Å². The van der Waals surface area contributed by atoms with E-state index in [2.05, 4.69) is 35.1 Å². The van der Waals surface area contributed by atoms with E-state index in [4.69, 9.17) is 26.3 Å². The van der Waals surface area contributed by atoms with E-state index in [1.54, 1.807) is 20.8 Å². The molecular formula is C26H26FN9O9. The molecule has 45 heavy (non-hydrogen) atoms. The van der Waals surface area contributed by atoms with Gasteiger partial charge in [0.25, 0.3) is 5.60 Å². The topological polar surface area (TPSA) is 248 Å². The summed E-state index contributed by atoms with van der Waals surface area (Å²) in [5, 5.41) is 36.1. The normalized spacial score (nSPS) is 19.8. The number of aliphatic hydroxyl groups is 1. The van der Waals surface area contributed by atoms with Crippen LogP contribution in [0.2, 0.25) is 0 Å². The highest BCUT2D eigenvalue weighted by atomic mass is 19.1. The van der Waals surface area contributed by atoms with Gasteiger partial charge in [-0.3, -0.25) is 9.88 Å². The van der Waals surface area contributed by atoms with E-state index >= 15 is 4.39 Å². The van der Waals surface area contributed by atoms with Crippen molar-refractivity contribution in [2.24, 2.45) is 5.11 Å². The number of imidazole rings is 1. The van der Waals surface area contributed by atoms with Gasteiger partial charge in [0.05, 0.1) is 19.5 Å².